The summed E-state index contributed by atoms with van der Waals surface area (Å²) in [6.07, 6.45) is -4.41. The van der Waals surface area contributed by atoms with Crippen LogP contribution in [0.3, 0.4) is 0 Å². The number of alkyl halides is 3. The topological polar surface area (TPSA) is 21.3 Å². The standard InChI is InChI=1S/C13H17F4NO/c1-12(2,3)18-7-9-6-10(14)4-5-11(9)19-8-13(15,16)17/h4-6,18H,7-8H2,1-3H3. The predicted molar refractivity (Wildman–Crippen MR) is 64.5 cm³/mol. The van der Waals surface area contributed by atoms with E-state index in [1.165, 1.54) is 12.1 Å². The first-order chi connectivity index (χ1) is 8.57. The minimum atomic E-state index is -4.41. The number of ether oxygens (including phenoxy) is 1. The van der Waals surface area contributed by atoms with Crippen molar-refractivity contribution in [2.24, 2.45) is 0 Å². The fourth-order valence-electron chi connectivity index (χ4n) is 1.35. The van der Waals surface area contributed by atoms with Crippen LogP contribution < -0.4 is 10.1 Å². The van der Waals surface area contributed by atoms with Gasteiger partial charge in [0.15, 0.2) is 6.61 Å². The smallest absolute Gasteiger partial charge is 0.422 e. The van der Waals surface area contributed by atoms with Crippen LogP contribution in [0.4, 0.5) is 17.6 Å². The second-order valence-corrected chi connectivity index (χ2v) is 5.26. The third-order valence-electron chi connectivity index (χ3n) is 2.22. The van der Waals surface area contributed by atoms with Crippen LogP contribution >= 0.6 is 0 Å². The van der Waals surface area contributed by atoms with E-state index in [9.17, 15) is 17.6 Å². The molecule has 0 amide bonds. The minimum Gasteiger partial charge on any atom is -0.484 e. The summed E-state index contributed by atoms with van der Waals surface area (Å²) in [5.41, 5.74) is 0.132. The zero-order valence-corrected chi connectivity index (χ0v) is 11.1. The van der Waals surface area contributed by atoms with Gasteiger partial charge in [-0.3, -0.25) is 0 Å². The molecule has 6 heteroatoms. The summed E-state index contributed by atoms with van der Waals surface area (Å²) in [6, 6.07) is 3.46. The monoisotopic (exact) mass is 279 g/mol. The lowest BCUT2D eigenvalue weighted by atomic mass is 10.1. The van der Waals surface area contributed by atoms with Crippen molar-refractivity contribution in [1.82, 2.24) is 5.32 Å². The van der Waals surface area contributed by atoms with Crippen LogP contribution in [-0.4, -0.2) is 18.3 Å². The third-order valence-corrected chi connectivity index (χ3v) is 2.22. The Bertz CT molecular complexity index is 424. The van der Waals surface area contributed by atoms with Crippen molar-refractivity contribution in [2.45, 2.75) is 39.0 Å². The van der Waals surface area contributed by atoms with E-state index in [-0.39, 0.29) is 17.8 Å². The fourth-order valence-corrected chi connectivity index (χ4v) is 1.35. The molecule has 0 saturated heterocycles. The van der Waals surface area contributed by atoms with Gasteiger partial charge in [-0.2, -0.15) is 13.2 Å². The average Bonchev–Trinajstić information content (AvgIpc) is 2.22. The third kappa shape index (κ3) is 6.42. The van der Waals surface area contributed by atoms with Gasteiger partial charge < -0.3 is 10.1 Å². The molecule has 19 heavy (non-hydrogen) atoms. The van der Waals surface area contributed by atoms with Gasteiger partial charge in [-0.1, -0.05) is 0 Å². The molecule has 1 aromatic rings. The first kappa shape index (κ1) is 15.8. The van der Waals surface area contributed by atoms with Gasteiger partial charge in [0.05, 0.1) is 0 Å². The Morgan fingerprint density at radius 3 is 2.32 bits per heavy atom. The zero-order chi connectivity index (χ0) is 14.7. The molecule has 0 aliphatic carbocycles. The molecule has 1 aromatic carbocycles. The quantitative estimate of drug-likeness (QED) is 0.849. The number of hydrogen-bond donors (Lipinski definition) is 1. The van der Waals surface area contributed by atoms with Gasteiger partial charge in [0.1, 0.15) is 11.6 Å². The molecular weight excluding hydrogens is 262 g/mol. The van der Waals surface area contributed by atoms with Crippen molar-refractivity contribution in [3.63, 3.8) is 0 Å². The lowest BCUT2D eigenvalue weighted by Crippen LogP contribution is -2.35. The van der Waals surface area contributed by atoms with Gasteiger partial charge >= 0.3 is 6.18 Å². The Labute approximate surface area is 109 Å². The SMILES string of the molecule is CC(C)(C)NCc1cc(F)ccc1OCC(F)(F)F. The number of halogens is 4. The molecule has 1 N–H and O–H groups in total. The van der Waals surface area contributed by atoms with Gasteiger partial charge in [-0.15, -0.1) is 0 Å². The van der Waals surface area contributed by atoms with E-state index in [1.807, 2.05) is 20.8 Å². The van der Waals surface area contributed by atoms with E-state index in [1.54, 1.807) is 0 Å². The van der Waals surface area contributed by atoms with E-state index >= 15 is 0 Å². The van der Waals surface area contributed by atoms with E-state index in [0.29, 0.717) is 5.56 Å². The van der Waals surface area contributed by atoms with Crippen LogP contribution in [0.2, 0.25) is 0 Å². The molecule has 0 atom stereocenters. The van der Waals surface area contributed by atoms with Crippen LogP contribution in [-0.2, 0) is 6.54 Å². The highest BCUT2D eigenvalue weighted by Crippen LogP contribution is 2.23. The van der Waals surface area contributed by atoms with Crippen LogP contribution in [0, 0.1) is 5.82 Å². The van der Waals surface area contributed by atoms with Crippen LogP contribution in [0.5, 0.6) is 5.75 Å². The fraction of sp³-hybridized carbons (Fsp3) is 0.538. The molecular formula is C13H17F4NO. The highest BCUT2D eigenvalue weighted by molar-refractivity contribution is 5.34. The van der Waals surface area contributed by atoms with E-state index in [0.717, 1.165) is 6.07 Å². The molecule has 0 unspecified atom stereocenters. The summed E-state index contributed by atoms with van der Waals surface area (Å²) < 4.78 is 54.2. The molecule has 2 nitrogen and oxygen atoms in total. The van der Waals surface area contributed by atoms with Crippen molar-refractivity contribution in [1.29, 1.82) is 0 Å². The van der Waals surface area contributed by atoms with Gasteiger partial charge in [0.25, 0.3) is 0 Å². The Morgan fingerprint density at radius 2 is 1.79 bits per heavy atom. The first-order valence-electron chi connectivity index (χ1n) is 5.80. The molecule has 108 valence electrons. The Hall–Kier alpha value is -1.30. The second kappa shape index (κ2) is 5.77. The number of nitrogens with one attached hydrogen (secondary N) is 1. The van der Waals surface area contributed by atoms with Gasteiger partial charge in [0, 0.05) is 17.6 Å². The van der Waals surface area contributed by atoms with Crippen molar-refractivity contribution < 1.29 is 22.3 Å². The normalized spacial score (nSPS) is 12.6. The Morgan fingerprint density at radius 1 is 1.16 bits per heavy atom. The number of benzene rings is 1. The summed E-state index contributed by atoms with van der Waals surface area (Å²) in [5.74, 6) is -0.472. The molecule has 0 aliphatic heterocycles. The summed E-state index contributed by atoms with van der Waals surface area (Å²) >= 11 is 0. The number of hydrogen-bond acceptors (Lipinski definition) is 2. The molecule has 1 rings (SSSR count). The largest absolute Gasteiger partial charge is 0.484 e. The highest BCUT2D eigenvalue weighted by Gasteiger charge is 2.28. The molecule has 0 saturated carbocycles. The van der Waals surface area contributed by atoms with Crippen LogP contribution in [0.25, 0.3) is 0 Å². The van der Waals surface area contributed by atoms with Gasteiger partial charge in [-0.25, -0.2) is 4.39 Å². The summed E-state index contributed by atoms with van der Waals surface area (Å²) in [4.78, 5) is 0. The molecule has 0 radical (unpaired) electrons. The molecule has 0 aliphatic rings. The van der Waals surface area contributed by atoms with Crippen molar-refractivity contribution in [3.8, 4) is 5.75 Å². The van der Waals surface area contributed by atoms with Gasteiger partial charge in [-0.05, 0) is 39.0 Å². The summed E-state index contributed by atoms with van der Waals surface area (Å²) in [6.45, 7) is 4.56. The van der Waals surface area contributed by atoms with Crippen molar-refractivity contribution in [3.05, 3.63) is 29.6 Å². The van der Waals surface area contributed by atoms with E-state index in [4.69, 9.17) is 4.74 Å². The summed E-state index contributed by atoms with van der Waals surface area (Å²) in [7, 11) is 0. The maximum absolute atomic E-state index is 13.1. The lowest BCUT2D eigenvalue weighted by Gasteiger charge is -2.22. The van der Waals surface area contributed by atoms with Crippen molar-refractivity contribution >= 4 is 0 Å². The molecule has 0 heterocycles. The highest BCUT2D eigenvalue weighted by atomic mass is 19.4. The maximum atomic E-state index is 13.1. The maximum Gasteiger partial charge on any atom is 0.422 e. The lowest BCUT2D eigenvalue weighted by molar-refractivity contribution is -0.153. The van der Waals surface area contributed by atoms with Gasteiger partial charge in [0.2, 0.25) is 0 Å². The Kier molecular flexibility index (Phi) is 4.79. The second-order valence-electron chi connectivity index (χ2n) is 5.26. The Balaban J connectivity index is 2.80. The molecule has 0 spiro atoms. The molecule has 0 bridgehead atoms. The van der Waals surface area contributed by atoms with Crippen molar-refractivity contribution in [2.75, 3.05) is 6.61 Å². The van der Waals surface area contributed by atoms with Crippen LogP contribution in [0.1, 0.15) is 26.3 Å². The average molecular weight is 279 g/mol. The van der Waals surface area contributed by atoms with E-state index in [2.05, 4.69) is 5.32 Å². The first-order valence-corrected chi connectivity index (χ1v) is 5.80. The minimum absolute atomic E-state index is 0.0375. The predicted octanol–water partition coefficient (Wildman–Crippen LogP) is 3.65. The van der Waals surface area contributed by atoms with E-state index < -0.39 is 18.6 Å². The zero-order valence-electron chi connectivity index (χ0n) is 11.1. The van der Waals surface area contributed by atoms with Crippen LogP contribution in [0.15, 0.2) is 18.2 Å². The number of rotatable bonds is 4. The molecule has 0 aromatic heterocycles. The summed E-state index contributed by atoms with van der Waals surface area (Å²) in [5, 5.41) is 3.08. The molecule has 0 fully saturated rings.